The van der Waals surface area contributed by atoms with Gasteiger partial charge >= 0.3 is 0 Å². The molecule has 2 aromatic carbocycles. The first-order valence-electron chi connectivity index (χ1n) is 9.07. The molecule has 0 aliphatic carbocycles. The molecule has 6 nitrogen and oxygen atoms in total. The molecular formula is C21H19N3O3S. The van der Waals surface area contributed by atoms with Gasteiger partial charge in [-0.25, -0.2) is 0 Å². The summed E-state index contributed by atoms with van der Waals surface area (Å²) in [6.45, 7) is 0. The van der Waals surface area contributed by atoms with Crippen molar-refractivity contribution >= 4 is 34.1 Å². The molecule has 7 heteroatoms. The van der Waals surface area contributed by atoms with Crippen LogP contribution in [0.4, 0.5) is 0 Å². The zero-order valence-corrected chi connectivity index (χ0v) is 16.3. The number of carbonyl (C=O) groups is 1. The van der Waals surface area contributed by atoms with E-state index in [1.807, 2.05) is 35.2 Å². The largest absolute Gasteiger partial charge is 0.504 e. The van der Waals surface area contributed by atoms with Gasteiger partial charge in [0, 0.05) is 30.1 Å². The number of methoxy groups -OCH3 is 1. The molecule has 1 saturated heterocycles. The number of likely N-dealkylation sites (N-methyl/N-ethyl adjacent to an activating group) is 1. The van der Waals surface area contributed by atoms with Gasteiger partial charge in [-0.1, -0.05) is 24.3 Å². The molecule has 0 unspecified atom stereocenters. The molecule has 142 valence electrons. The van der Waals surface area contributed by atoms with E-state index in [1.165, 1.54) is 7.11 Å². The van der Waals surface area contributed by atoms with Crippen LogP contribution in [0.15, 0.2) is 42.5 Å². The Morgan fingerprint density at radius 1 is 1.25 bits per heavy atom. The Labute approximate surface area is 167 Å². The van der Waals surface area contributed by atoms with Crippen molar-refractivity contribution in [3.05, 3.63) is 59.3 Å². The van der Waals surface area contributed by atoms with Gasteiger partial charge in [-0.05, 0) is 41.5 Å². The summed E-state index contributed by atoms with van der Waals surface area (Å²) >= 11 is 5.63. The van der Waals surface area contributed by atoms with Crippen LogP contribution in [0.3, 0.4) is 0 Å². The predicted octanol–water partition coefficient (Wildman–Crippen LogP) is 2.96. The quantitative estimate of drug-likeness (QED) is 0.655. The molecule has 3 aromatic rings. The Bertz CT molecular complexity index is 1140. The standard InChI is InChI=1S/C21H19N3O3S/c1-23-20(26)15-10-13-12-5-3-4-6-14(12)22-18(13)19(24(15)21(23)28)11-7-8-16(25)17(9-11)27-2/h3-9,15,19,22,25H,10H2,1-2H3/t15-,19-/m0/s1. The van der Waals surface area contributed by atoms with Crippen molar-refractivity contribution in [1.82, 2.24) is 14.8 Å². The number of nitrogens with one attached hydrogen (secondary N) is 1. The normalized spacial score (nSPS) is 21.2. The Morgan fingerprint density at radius 2 is 2.04 bits per heavy atom. The van der Waals surface area contributed by atoms with Crippen LogP contribution in [0.25, 0.3) is 10.9 Å². The molecule has 2 aliphatic rings. The van der Waals surface area contributed by atoms with Gasteiger partial charge in [0.2, 0.25) is 0 Å². The predicted molar refractivity (Wildman–Crippen MR) is 109 cm³/mol. The Balaban J connectivity index is 1.77. The summed E-state index contributed by atoms with van der Waals surface area (Å²) in [7, 11) is 3.25. The summed E-state index contributed by atoms with van der Waals surface area (Å²) in [5, 5.41) is 11.7. The van der Waals surface area contributed by atoms with Gasteiger partial charge in [0.1, 0.15) is 6.04 Å². The van der Waals surface area contributed by atoms with Gasteiger partial charge in [0.05, 0.1) is 13.2 Å². The number of phenols is 1. The Morgan fingerprint density at radius 3 is 2.82 bits per heavy atom. The summed E-state index contributed by atoms with van der Waals surface area (Å²) in [5.41, 5.74) is 4.10. The molecule has 1 aromatic heterocycles. The number of phenolic OH excluding ortho intramolecular Hbond substituents is 1. The molecule has 5 rings (SSSR count). The van der Waals surface area contributed by atoms with Crippen LogP contribution < -0.4 is 4.74 Å². The van der Waals surface area contributed by atoms with E-state index in [0.29, 0.717) is 17.3 Å². The fourth-order valence-corrected chi connectivity index (χ4v) is 4.74. The minimum absolute atomic E-state index is 0.0108. The van der Waals surface area contributed by atoms with Gasteiger partial charge in [0.15, 0.2) is 16.6 Å². The average Bonchev–Trinajstić information content (AvgIpc) is 3.18. The molecule has 1 fully saturated rings. The van der Waals surface area contributed by atoms with Crippen LogP contribution in [0.5, 0.6) is 11.5 Å². The summed E-state index contributed by atoms with van der Waals surface area (Å²) in [5.74, 6) is 0.478. The lowest BCUT2D eigenvalue weighted by Gasteiger charge is -2.37. The topological polar surface area (TPSA) is 68.8 Å². The van der Waals surface area contributed by atoms with Crippen LogP contribution in [-0.2, 0) is 11.2 Å². The van der Waals surface area contributed by atoms with Gasteiger partial charge in [0.25, 0.3) is 5.91 Å². The third kappa shape index (κ3) is 2.19. The molecule has 2 aliphatic heterocycles. The second kappa shape index (κ2) is 5.97. The number of nitrogens with zero attached hydrogens (tertiary/aromatic N) is 2. The number of fused-ring (bicyclic) bond motifs is 4. The third-order valence-corrected chi connectivity index (χ3v) is 6.26. The highest BCUT2D eigenvalue weighted by Gasteiger charge is 2.49. The number of thiocarbonyl (C=S) groups is 1. The molecule has 2 atom stereocenters. The fourth-order valence-electron chi connectivity index (χ4n) is 4.42. The van der Waals surface area contributed by atoms with Crippen LogP contribution in [0, 0.1) is 0 Å². The number of para-hydroxylation sites is 1. The average molecular weight is 393 g/mol. The van der Waals surface area contributed by atoms with Crippen molar-refractivity contribution in [1.29, 1.82) is 0 Å². The van der Waals surface area contributed by atoms with Crippen molar-refractivity contribution in [2.24, 2.45) is 0 Å². The van der Waals surface area contributed by atoms with E-state index >= 15 is 0 Å². The SMILES string of the molecule is COc1cc([C@H]2c3[nH]c4ccccc4c3C[C@H]3C(=O)N(C)C(=S)N23)ccc1O. The van der Waals surface area contributed by atoms with E-state index in [-0.39, 0.29) is 23.7 Å². The number of hydrogen-bond donors (Lipinski definition) is 2. The molecule has 3 heterocycles. The minimum atomic E-state index is -0.339. The Hall–Kier alpha value is -3.06. The molecule has 2 N–H and O–H groups in total. The lowest BCUT2D eigenvalue weighted by Crippen LogP contribution is -2.44. The number of aromatic hydroxyl groups is 1. The lowest BCUT2D eigenvalue weighted by atomic mass is 9.89. The molecule has 0 radical (unpaired) electrons. The van der Waals surface area contributed by atoms with Gasteiger partial charge < -0.3 is 19.7 Å². The number of benzene rings is 2. The maximum Gasteiger partial charge on any atom is 0.251 e. The number of aromatic nitrogens is 1. The Kier molecular flexibility index (Phi) is 3.64. The molecule has 0 bridgehead atoms. The zero-order chi connectivity index (χ0) is 19.6. The van der Waals surface area contributed by atoms with Crippen LogP contribution in [0.1, 0.15) is 22.9 Å². The minimum Gasteiger partial charge on any atom is -0.504 e. The number of hydrogen-bond acceptors (Lipinski definition) is 4. The second-order valence-electron chi connectivity index (χ2n) is 7.20. The maximum atomic E-state index is 12.9. The van der Waals surface area contributed by atoms with E-state index in [4.69, 9.17) is 17.0 Å². The van der Waals surface area contributed by atoms with Gasteiger partial charge in [-0.2, -0.15) is 0 Å². The van der Waals surface area contributed by atoms with E-state index in [1.54, 1.807) is 18.0 Å². The maximum absolute atomic E-state index is 12.9. The van der Waals surface area contributed by atoms with Crippen molar-refractivity contribution < 1.29 is 14.6 Å². The number of amides is 1. The molecule has 1 amide bonds. The number of aromatic amines is 1. The highest BCUT2D eigenvalue weighted by molar-refractivity contribution is 7.80. The van der Waals surface area contributed by atoms with Crippen molar-refractivity contribution in [3.63, 3.8) is 0 Å². The monoisotopic (exact) mass is 393 g/mol. The smallest absolute Gasteiger partial charge is 0.251 e. The van der Waals surface area contributed by atoms with E-state index in [2.05, 4.69) is 11.1 Å². The van der Waals surface area contributed by atoms with Crippen molar-refractivity contribution in [2.45, 2.75) is 18.5 Å². The number of ether oxygens (including phenoxy) is 1. The van der Waals surface area contributed by atoms with Gasteiger partial charge in [-0.3, -0.25) is 9.69 Å². The van der Waals surface area contributed by atoms with E-state index < -0.39 is 0 Å². The number of H-pyrrole nitrogens is 1. The number of rotatable bonds is 2. The second-order valence-corrected chi connectivity index (χ2v) is 7.57. The first-order chi connectivity index (χ1) is 13.5. The summed E-state index contributed by atoms with van der Waals surface area (Å²) < 4.78 is 5.31. The van der Waals surface area contributed by atoms with E-state index in [0.717, 1.165) is 27.7 Å². The molecular weight excluding hydrogens is 374 g/mol. The van der Waals surface area contributed by atoms with Crippen LogP contribution >= 0.6 is 12.2 Å². The summed E-state index contributed by atoms with van der Waals surface area (Å²) in [4.78, 5) is 20.0. The molecule has 28 heavy (non-hydrogen) atoms. The first kappa shape index (κ1) is 17.1. The number of carbonyl (C=O) groups excluding carboxylic acids is 1. The fraction of sp³-hybridized carbons (Fsp3) is 0.238. The van der Waals surface area contributed by atoms with Crippen LogP contribution in [0.2, 0.25) is 0 Å². The molecule has 0 spiro atoms. The van der Waals surface area contributed by atoms with E-state index in [9.17, 15) is 9.90 Å². The van der Waals surface area contributed by atoms with Crippen molar-refractivity contribution in [3.8, 4) is 11.5 Å². The van der Waals surface area contributed by atoms with Crippen LogP contribution in [-0.4, -0.2) is 51.1 Å². The highest BCUT2D eigenvalue weighted by Crippen LogP contribution is 2.45. The summed E-state index contributed by atoms with van der Waals surface area (Å²) in [6.07, 6.45) is 0.606. The zero-order valence-electron chi connectivity index (χ0n) is 15.5. The summed E-state index contributed by atoms with van der Waals surface area (Å²) in [6, 6.07) is 12.8. The third-order valence-electron chi connectivity index (χ3n) is 5.77. The van der Waals surface area contributed by atoms with Gasteiger partial charge in [-0.15, -0.1) is 0 Å². The lowest BCUT2D eigenvalue weighted by molar-refractivity contribution is -0.127. The molecule has 0 saturated carbocycles. The van der Waals surface area contributed by atoms with Crippen molar-refractivity contribution in [2.75, 3.05) is 14.2 Å². The highest BCUT2D eigenvalue weighted by atomic mass is 32.1. The first-order valence-corrected chi connectivity index (χ1v) is 9.48.